The summed E-state index contributed by atoms with van der Waals surface area (Å²) in [7, 11) is 0. The molecule has 1 spiro atoms. The summed E-state index contributed by atoms with van der Waals surface area (Å²) in [5.41, 5.74) is 0.557. The number of piperazine rings is 1. The second-order valence-electron chi connectivity index (χ2n) is 8.10. The Labute approximate surface area is 130 Å². The molecule has 3 unspecified atom stereocenters. The molecule has 1 N–H and O–H groups in total. The van der Waals surface area contributed by atoms with Crippen LogP contribution in [-0.2, 0) is 4.74 Å². The van der Waals surface area contributed by atoms with E-state index < -0.39 is 0 Å². The summed E-state index contributed by atoms with van der Waals surface area (Å²) in [6, 6.07) is 0.635. The van der Waals surface area contributed by atoms with Gasteiger partial charge in [0.15, 0.2) is 0 Å². The minimum atomic E-state index is 0.272. The van der Waals surface area contributed by atoms with Gasteiger partial charge in [-0.1, -0.05) is 26.2 Å². The highest BCUT2D eigenvalue weighted by Crippen LogP contribution is 2.42. The number of nitrogens with zero attached hydrogens (tertiary/aromatic N) is 1. The van der Waals surface area contributed by atoms with Crippen molar-refractivity contribution in [1.82, 2.24) is 10.2 Å². The SMILES string of the molecule is CCC1(C)CN(CC2CCC3(CCCCC3)O2)C(C)CN1. The molecule has 0 bridgehead atoms. The van der Waals surface area contributed by atoms with Gasteiger partial charge in [-0.2, -0.15) is 0 Å². The summed E-state index contributed by atoms with van der Waals surface area (Å²) < 4.78 is 6.58. The predicted molar refractivity (Wildman–Crippen MR) is 87.7 cm³/mol. The lowest BCUT2D eigenvalue weighted by Crippen LogP contribution is -2.62. The molecule has 0 aromatic heterocycles. The Hall–Kier alpha value is -0.120. The van der Waals surface area contributed by atoms with E-state index in [1.807, 2.05) is 0 Å². The van der Waals surface area contributed by atoms with Gasteiger partial charge in [-0.05, 0) is 46.0 Å². The summed E-state index contributed by atoms with van der Waals surface area (Å²) in [4.78, 5) is 2.67. The molecule has 2 saturated heterocycles. The molecule has 2 heterocycles. The molecule has 3 rings (SSSR count). The normalized spacial score (nSPS) is 40.7. The summed E-state index contributed by atoms with van der Waals surface area (Å²) in [5.74, 6) is 0. The summed E-state index contributed by atoms with van der Waals surface area (Å²) >= 11 is 0. The molecule has 122 valence electrons. The van der Waals surface area contributed by atoms with Gasteiger partial charge < -0.3 is 10.1 Å². The Bertz CT molecular complexity index is 353. The highest BCUT2D eigenvalue weighted by molar-refractivity contribution is 4.96. The third kappa shape index (κ3) is 3.46. The van der Waals surface area contributed by atoms with E-state index in [0.29, 0.717) is 12.1 Å². The van der Waals surface area contributed by atoms with E-state index in [-0.39, 0.29) is 11.1 Å². The summed E-state index contributed by atoms with van der Waals surface area (Å²) in [6.07, 6.45) is 11.1. The summed E-state index contributed by atoms with van der Waals surface area (Å²) in [5, 5.41) is 3.72. The number of rotatable bonds is 3. The van der Waals surface area contributed by atoms with E-state index in [0.717, 1.165) is 19.6 Å². The molecule has 21 heavy (non-hydrogen) atoms. The van der Waals surface area contributed by atoms with Crippen LogP contribution in [0.25, 0.3) is 0 Å². The number of nitrogens with one attached hydrogen (secondary N) is 1. The molecule has 1 saturated carbocycles. The average molecular weight is 294 g/mol. The second kappa shape index (κ2) is 6.17. The third-order valence-corrected chi connectivity index (χ3v) is 6.32. The number of ether oxygens (including phenoxy) is 1. The molecule has 0 aromatic carbocycles. The molecule has 3 aliphatic rings. The Balaban J connectivity index is 1.56. The van der Waals surface area contributed by atoms with Gasteiger partial charge >= 0.3 is 0 Å². The minimum absolute atomic E-state index is 0.272. The van der Waals surface area contributed by atoms with Crippen LogP contribution in [0.4, 0.5) is 0 Å². The fraction of sp³-hybridized carbons (Fsp3) is 1.00. The topological polar surface area (TPSA) is 24.5 Å². The van der Waals surface area contributed by atoms with E-state index in [2.05, 4.69) is 31.0 Å². The molecule has 3 heteroatoms. The van der Waals surface area contributed by atoms with Crippen LogP contribution < -0.4 is 5.32 Å². The first-order chi connectivity index (χ1) is 10.0. The highest BCUT2D eigenvalue weighted by Gasteiger charge is 2.42. The first-order valence-electron chi connectivity index (χ1n) is 9.21. The van der Waals surface area contributed by atoms with Crippen molar-refractivity contribution in [1.29, 1.82) is 0 Å². The van der Waals surface area contributed by atoms with Crippen LogP contribution >= 0.6 is 0 Å². The maximum absolute atomic E-state index is 6.58. The van der Waals surface area contributed by atoms with E-state index in [4.69, 9.17) is 4.74 Å². The largest absolute Gasteiger partial charge is 0.370 e. The van der Waals surface area contributed by atoms with Crippen LogP contribution in [-0.4, -0.2) is 47.8 Å². The molecule has 0 amide bonds. The van der Waals surface area contributed by atoms with Gasteiger partial charge in [0.05, 0.1) is 11.7 Å². The van der Waals surface area contributed by atoms with Gasteiger partial charge in [0.25, 0.3) is 0 Å². The van der Waals surface area contributed by atoms with Gasteiger partial charge in [-0.3, -0.25) is 4.90 Å². The maximum atomic E-state index is 6.58. The quantitative estimate of drug-likeness (QED) is 0.864. The smallest absolute Gasteiger partial charge is 0.0710 e. The van der Waals surface area contributed by atoms with E-state index in [1.165, 1.54) is 51.4 Å². The Morgan fingerprint density at radius 1 is 1.19 bits per heavy atom. The van der Waals surface area contributed by atoms with Gasteiger partial charge in [0, 0.05) is 31.2 Å². The fourth-order valence-electron chi connectivity index (χ4n) is 4.51. The van der Waals surface area contributed by atoms with Crippen molar-refractivity contribution in [2.24, 2.45) is 0 Å². The lowest BCUT2D eigenvalue weighted by Gasteiger charge is -2.46. The molecule has 0 radical (unpaired) electrons. The standard InChI is InChI=1S/C18H34N2O/c1-4-17(3)14-20(15(2)12-19-17)13-16-8-11-18(21-16)9-6-5-7-10-18/h15-16,19H,4-14H2,1-3H3. The van der Waals surface area contributed by atoms with E-state index >= 15 is 0 Å². The minimum Gasteiger partial charge on any atom is -0.370 e. The zero-order valence-corrected chi connectivity index (χ0v) is 14.3. The van der Waals surface area contributed by atoms with E-state index in [1.54, 1.807) is 0 Å². The lowest BCUT2D eigenvalue weighted by atomic mass is 9.83. The van der Waals surface area contributed by atoms with Crippen molar-refractivity contribution in [2.75, 3.05) is 19.6 Å². The first kappa shape index (κ1) is 15.8. The van der Waals surface area contributed by atoms with Crippen molar-refractivity contribution in [3.63, 3.8) is 0 Å². The monoisotopic (exact) mass is 294 g/mol. The Morgan fingerprint density at radius 2 is 1.95 bits per heavy atom. The van der Waals surface area contributed by atoms with Crippen LogP contribution in [0.1, 0.15) is 72.1 Å². The van der Waals surface area contributed by atoms with Gasteiger partial charge in [0.2, 0.25) is 0 Å². The molecule has 3 atom stereocenters. The van der Waals surface area contributed by atoms with Gasteiger partial charge in [0.1, 0.15) is 0 Å². The number of hydrogen-bond acceptors (Lipinski definition) is 3. The van der Waals surface area contributed by atoms with Crippen molar-refractivity contribution in [2.45, 2.75) is 95.4 Å². The Kier molecular flexibility index (Phi) is 4.63. The van der Waals surface area contributed by atoms with Crippen molar-refractivity contribution < 1.29 is 4.74 Å². The molecule has 0 aromatic rings. The molecular weight excluding hydrogens is 260 g/mol. The number of hydrogen-bond donors (Lipinski definition) is 1. The lowest BCUT2D eigenvalue weighted by molar-refractivity contribution is -0.0787. The van der Waals surface area contributed by atoms with Crippen molar-refractivity contribution in [3.8, 4) is 0 Å². The van der Waals surface area contributed by atoms with Crippen LogP contribution in [0, 0.1) is 0 Å². The van der Waals surface area contributed by atoms with Gasteiger partial charge in [-0.15, -0.1) is 0 Å². The fourth-order valence-corrected chi connectivity index (χ4v) is 4.51. The van der Waals surface area contributed by atoms with Crippen LogP contribution in [0.15, 0.2) is 0 Å². The molecule has 3 nitrogen and oxygen atoms in total. The third-order valence-electron chi connectivity index (χ3n) is 6.32. The van der Waals surface area contributed by atoms with Crippen LogP contribution in [0.3, 0.4) is 0 Å². The maximum Gasteiger partial charge on any atom is 0.0710 e. The van der Waals surface area contributed by atoms with Crippen LogP contribution in [0.5, 0.6) is 0 Å². The molecular formula is C18H34N2O. The average Bonchev–Trinajstić information content (AvgIpc) is 2.86. The molecule has 1 aliphatic carbocycles. The van der Waals surface area contributed by atoms with Crippen LogP contribution in [0.2, 0.25) is 0 Å². The zero-order valence-electron chi connectivity index (χ0n) is 14.3. The second-order valence-corrected chi connectivity index (χ2v) is 8.10. The zero-order chi connectivity index (χ0) is 14.9. The van der Waals surface area contributed by atoms with E-state index in [9.17, 15) is 0 Å². The summed E-state index contributed by atoms with van der Waals surface area (Å²) in [6.45, 7) is 10.4. The Morgan fingerprint density at radius 3 is 2.67 bits per heavy atom. The van der Waals surface area contributed by atoms with Crippen molar-refractivity contribution in [3.05, 3.63) is 0 Å². The molecule has 2 aliphatic heterocycles. The molecule has 3 fully saturated rings. The predicted octanol–water partition coefficient (Wildman–Crippen LogP) is 3.33. The highest BCUT2D eigenvalue weighted by atomic mass is 16.5. The van der Waals surface area contributed by atoms with Gasteiger partial charge in [-0.25, -0.2) is 0 Å². The first-order valence-corrected chi connectivity index (χ1v) is 9.21. The van der Waals surface area contributed by atoms with Crippen molar-refractivity contribution >= 4 is 0 Å².